The lowest BCUT2D eigenvalue weighted by atomic mass is 9.69. The fourth-order valence-electron chi connectivity index (χ4n) is 9.36. The van der Waals surface area contributed by atoms with Gasteiger partial charge in [0.05, 0.1) is 21.5 Å². The van der Waals surface area contributed by atoms with Crippen LogP contribution in [0.4, 0.5) is 0 Å². The molecular formula is C44H75Cl12O2P. The van der Waals surface area contributed by atoms with E-state index in [1.807, 2.05) is 0 Å². The van der Waals surface area contributed by atoms with Crippen molar-refractivity contribution in [3.05, 3.63) is 0 Å². The van der Waals surface area contributed by atoms with Gasteiger partial charge < -0.3 is 9.05 Å². The normalized spacial score (nSPS) is 26.0. The third-order valence-corrected chi connectivity index (χ3v) is 21.5. The van der Waals surface area contributed by atoms with Gasteiger partial charge in [0, 0.05) is 11.8 Å². The van der Waals surface area contributed by atoms with Crippen molar-refractivity contribution in [3.63, 3.8) is 0 Å². The third-order valence-electron chi connectivity index (χ3n) is 13.1. The molecule has 0 bridgehead atoms. The van der Waals surface area contributed by atoms with Gasteiger partial charge in [-0.2, -0.15) is 0 Å². The summed E-state index contributed by atoms with van der Waals surface area (Å²) in [7, 11) is -0.684. The Morgan fingerprint density at radius 2 is 0.729 bits per heavy atom. The molecule has 2 nitrogen and oxygen atoms in total. The van der Waals surface area contributed by atoms with E-state index in [4.69, 9.17) is 148 Å². The maximum atomic E-state index is 7.64. The van der Waals surface area contributed by atoms with Crippen LogP contribution in [0.2, 0.25) is 0 Å². The first kappa shape index (κ1) is 59.0. The first-order valence-corrected chi connectivity index (χ1v) is 28.6. The maximum absolute atomic E-state index is 7.64. The molecular weight excluding hydrogens is 1020 g/mol. The highest BCUT2D eigenvalue weighted by atomic mass is 35.5. The second-order valence-electron chi connectivity index (χ2n) is 17.5. The fourth-order valence-corrected chi connectivity index (χ4v) is 15.1. The summed E-state index contributed by atoms with van der Waals surface area (Å²) in [4.78, 5) is 0. The molecule has 0 aromatic carbocycles. The van der Waals surface area contributed by atoms with E-state index in [0.717, 1.165) is 128 Å². The molecule has 0 saturated heterocycles. The molecule has 8 atom stereocenters. The summed E-state index contributed by atoms with van der Waals surface area (Å²) in [6.07, 6.45) is 24.1. The number of rotatable bonds is 32. The number of hydrogen-bond donors (Lipinski definition) is 0. The van der Waals surface area contributed by atoms with Gasteiger partial charge in [0.15, 0.2) is 17.7 Å². The molecule has 2 saturated carbocycles. The zero-order valence-electron chi connectivity index (χ0n) is 36.1. The van der Waals surface area contributed by atoms with Crippen LogP contribution < -0.4 is 0 Å². The molecule has 0 heterocycles. The van der Waals surface area contributed by atoms with E-state index in [1.54, 1.807) is 0 Å². The molecule has 0 radical (unpaired) electrons. The van der Waals surface area contributed by atoms with Crippen LogP contribution in [0.1, 0.15) is 207 Å². The molecule has 8 unspecified atom stereocenters. The van der Waals surface area contributed by atoms with Crippen molar-refractivity contribution >= 4 is 148 Å². The Labute approximate surface area is 422 Å². The van der Waals surface area contributed by atoms with Crippen LogP contribution >= 0.6 is 148 Å². The summed E-state index contributed by atoms with van der Waals surface area (Å²) in [5.41, 5.74) is -2.71. The lowest BCUT2D eigenvalue weighted by molar-refractivity contribution is -0.0774. The highest BCUT2D eigenvalue weighted by Crippen LogP contribution is 2.65. The number of hydrogen-bond acceptors (Lipinski definition) is 2. The lowest BCUT2D eigenvalue weighted by Crippen LogP contribution is -2.65. The summed E-state index contributed by atoms with van der Waals surface area (Å²) in [5, 5.41) is -2.57. The second kappa shape index (κ2) is 29.0. The minimum Gasteiger partial charge on any atom is -0.326 e. The first-order chi connectivity index (χ1) is 27.8. The Hall–Kier alpha value is 3.83. The smallest absolute Gasteiger partial charge is 0.163 e. The third kappa shape index (κ3) is 15.9. The standard InChI is InChI=1S/C44H75Cl12O2P/c1-5-9-13-17-27-35(45)41(49,50)33-25-21-23-31-39(33,43(53,54)37(47)29-19-15-11-7-3)57-59-58-40(44(55,56)38(48)30-20-16-12-8-4)32-24-22-26-34(40)42(51,52)36(46)28-18-14-10-6-2/h33-38,59H,5-32H2,1-4H3. The van der Waals surface area contributed by atoms with Gasteiger partial charge in [0.25, 0.3) is 0 Å². The molecule has 0 aromatic heterocycles. The van der Waals surface area contributed by atoms with Gasteiger partial charge in [-0.1, -0.05) is 249 Å². The monoisotopic (exact) mass is 1090 g/mol. The fraction of sp³-hybridized carbons (Fsp3) is 1.00. The number of halogens is 12. The molecule has 2 aliphatic carbocycles. The van der Waals surface area contributed by atoms with Crippen LogP contribution in [0.3, 0.4) is 0 Å². The molecule has 0 aliphatic heterocycles. The average molecular weight is 1090 g/mol. The van der Waals surface area contributed by atoms with Crippen LogP contribution in [0.25, 0.3) is 0 Å². The van der Waals surface area contributed by atoms with E-state index >= 15 is 0 Å². The van der Waals surface area contributed by atoms with Crippen molar-refractivity contribution in [3.8, 4) is 0 Å². The predicted molar refractivity (Wildman–Crippen MR) is 271 cm³/mol. The largest absolute Gasteiger partial charge is 0.326 e. The Bertz CT molecular complexity index is 1050. The molecule has 352 valence electrons. The van der Waals surface area contributed by atoms with Gasteiger partial charge >= 0.3 is 0 Å². The molecule has 2 aliphatic rings. The van der Waals surface area contributed by atoms with Crippen molar-refractivity contribution in [1.29, 1.82) is 0 Å². The second-order valence-corrected chi connectivity index (χ2v) is 25.9. The van der Waals surface area contributed by atoms with Crippen LogP contribution in [0.5, 0.6) is 0 Å². The number of alkyl halides is 12. The van der Waals surface area contributed by atoms with Gasteiger partial charge in [-0.3, -0.25) is 0 Å². The van der Waals surface area contributed by atoms with Crippen LogP contribution in [0, 0.1) is 11.8 Å². The maximum Gasteiger partial charge on any atom is 0.163 e. The van der Waals surface area contributed by atoms with Gasteiger partial charge in [0.2, 0.25) is 0 Å². The number of unbranched alkanes of at least 4 members (excludes halogenated alkanes) is 12. The van der Waals surface area contributed by atoms with E-state index in [2.05, 4.69) is 27.7 Å². The summed E-state index contributed by atoms with van der Waals surface area (Å²) >= 11 is 89.5. The quantitative estimate of drug-likeness (QED) is 0.0380. The molecule has 0 amide bonds. The zero-order valence-corrected chi connectivity index (χ0v) is 46.2. The first-order valence-electron chi connectivity index (χ1n) is 23.0. The van der Waals surface area contributed by atoms with E-state index in [0.29, 0.717) is 51.4 Å². The molecule has 0 N–H and O–H groups in total. The lowest BCUT2D eigenvalue weighted by Gasteiger charge is -2.57. The topological polar surface area (TPSA) is 18.5 Å². The molecule has 15 heteroatoms. The minimum atomic E-state index is -1.63. The van der Waals surface area contributed by atoms with Gasteiger partial charge in [-0.15, -0.1) is 46.4 Å². The molecule has 0 aromatic rings. The summed E-state index contributed by atoms with van der Waals surface area (Å²) in [6.45, 7) is 8.70. The van der Waals surface area contributed by atoms with Gasteiger partial charge in [-0.25, -0.2) is 0 Å². The van der Waals surface area contributed by atoms with Crippen LogP contribution in [-0.2, 0) is 9.05 Å². The van der Waals surface area contributed by atoms with E-state index < -0.39 is 70.9 Å². The summed E-state index contributed by atoms with van der Waals surface area (Å²) in [5.74, 6) is -1.18. The molecule has 2 fully saturated rings. The van der Waals surface area contributed by atoms with Crippen molar-refractivity contribution < 1.29 is 9.05 Å². The Balaban J connectivity index is 2.70. The highest BCUT2D eigenvalue weighted by Gasteiger charge is 2.68. The van der Waals surface area contributed by atoms with Gasteiger partial charge in [-0.05, 0) is 51.4 Å². The van der Waals surface area contributed by atoms with Crippen molar-refractivity contribution in [2.45, 2.75) is 258 Å². The minimum absolute atomic E-state index is 0.440. The summed E-state index contributed by atoms with van der Waals surface area (Å²) in [6, 6.07) is 0. The SMILES string of the molecule is CCCCCCC(Cl)C(Cl)(Cl)C1CCCCC1(OPOC1(C(Cl)(Cl)C(Cl)CCCCCC)CCCCC1C(Cl)(Cl)C(Cl)CCCCCC)C(Cl)(Cl)C(Cl)CCCCCC. The average Bonchev–Trinajstić information content (AvgIpc) is 3.20. The van der Waals surface area contributed by atoms with E-state index in [9.17, 15) is 0 Å². The zero-order chi connectivity index (χ0) is 44.4. The Morgan fingerprint density at radius 1 is 0.441 bits per heavy atom. The van der Waals surface area contributed by atoms with Crippen LogP contribution in [0.15, 0.2) is 0 Å². The Morgan fingerprint density at radius 3 is 1.02 bits per heavy atom. The highest BCUT2D eigenvalue weighted by molar-refractivity contribution is 7.26. The Kier molecular flexibility index (Phi) is 29.0. The van der Waals surface area contributed by atoms with E-state index in [1.165, 1.54) is 0 Å². The van der Waals surface area contributed by atoms with E-state index in [-0.39, 0.29) is 0 Å². The van der Waals surface area contributed by atoms with Crippen LogP contribution in [-0.4, -0.2) is 50.0 Å². The molecule has 59 heavy (non-hydrogen) atoms. The predicted octanol–water partition coefficient (Wildman–Crippen LogP) is 20.4. The van der Waals surface area contributed by atoms with Gasteiger partial charge in [0.1, 0.15) is 19.9 Å². The molecule has 2 rings (SSSR count). The van der Waals surface area contributed by atoms with Crippen molar-refractivity contribution in [2.75, 3.05) is 0 Å². The summed E-state index contributed by atoms with van der Waals surface area (Å²) < 4.78 is 8.14. The molecule has 0 spiro atoms. The van der Waals surface area contributed by atoms with Crippen molar-refractivity contribution in [1.82, 2.24) is 0 Å². The van der Waals surface area contributed by atoms with Crippen molar-refractivity contribution in [2.24, 2.45) is 11.8 Å².